The van der Waals surface area contributed by atoms with Crippen LogP contribution in [0.3, 0.4) is 0 Å². The van der Waals surface area contributed by atoms with Gasteiger partial charge in [0.1, 0.15) is 0 Å². The summed E-state index contributed by atoms with van der Waals surface area (Å²) in [5.74, 6) is 0. The highest BCUT2D eigenvalue weighted by Gasteiger charge is 2.59. The number of rotatable bonds is 5. The number of hydrogen-bond acceptors (Lipinski definition) is 4. The standard InChI is InChI=1S/C3H11O10P3/c4-3(15(8,9)10,16(11,12)13)1-2-14(5,6)7/h4H,1-2H2,(H2,5,6,7)(H2,8,9,10)(H2,11,12,13). The van der Waals surface area contributed by atoms with Gasteiger partial charge in [-0.05, 0) is 0 Å². The lowest BCUT2D eigenvalue weighted by Gasteiger charge is -2.29. The minimum atomic E-state index is -5.65. The van der Waals surface area contributed by atoms with Crippen LogP contribution < -0.4 is 0 Å². The Morgan fingerprint density at radius 2 is 1.12 bits per heavy atom. The van der Waals surface area contributed by atoms with Crippen LogP contribution in [0.25, 0.3) is 0 Å². The lowest BCUT2D eigenvalue weighted by atomic mass is 10.5. The van der Waals surface area contributed by atoms with Gasteiger partial charge in [0, 0.05) is 6.42 Å². The highest BCUT2D eigenvalue weighted by Crippen LogP contribution is 2.69. The summed E-state index contributed by atoms with van der Waals surface area (Å²) in [6.07, 6.45) is -2.69. The Labute approximate surface area is 89.4 Å². The van der Waals surface area contributed by atoms with Crippen molar-refractivity contribution in [3.63, 3.8) is 0 Å². The molecule has 0 aromatic heterocycles. The zero-order valence-electron chi connectivity index (χ0n) is 7.61. The van der Waals surface area contributed by atoms with Gasteiger partial charge in [-0.15, -0.1) is 0 Å². The summed E-state index contributed by atoms with van der Waals surface area (Å²) in [4.78, 5) is 51.2. The van der Waals surface area contributed by atoms with Crippen molar-refractivity contribution in [2.75, 3.05) is 6.16 Å². The molecule has 0 spiro atoms. The van der Waals surface area contributed by atoms with Gasteiger partial charge in [-0.3, -0.25) is 13.7 Å². The van der Waals surface area contributed by atoms with Gasteiger partial charge in [0.15, 0.2) is 0 Å². The predicted molar refractivity (Wildman–Crippen MR) is 50.6 cm³/mol. The molecule has 0 aliphatic carbocycles. The average Bonchev–Trinajstić information content (AvgIpc) is 1.93. The first-order chi connectivity index (χ1) is 6.71. The van der Waals surface area contributed by atoms with Gasteiger partial charge in [0.2, 0.25) is 0 Å². The van der Waals surface area contributed by atoms with E-state index in [0.29, 0.717) is 0 Å². The average molecular weight is 300 g/mol. The highest BCUT2D eigenvalue weighted by atomic mass is 31.2. The van der Waals surface area contributed by atoms with Gasteiger partial charge in [-0.2, -0.15) is 0 Å². The van der Waals surface area contributed by atoms with Crippen LogP contribution in [-0.4, -0.2) is 45.7 Å². The molecule has 0 heterocycles. The molecule has 0 unspecified atom stereocenters. The first kappa shape index (κ1) is 16.4. The summed E-state index contributed by atoms with van der Waals surface area (Å²) in [6, 6.07) is 0. The molecular weight excluding hydrogens is 289 g/mol. The molecular formula is C3H11O10P3. The molecule has 0 rings (SSSR count). The summed E-state index contributed by atoms with van der Waals surface area (Å²) in [7, 11) is -16.0. The van der Waals surface area contributed by atoms with Crippen molar-refractivity contribution in [1.82, 2.24) is 0 Å². The van der Waals surface area contributed by atoms with Crippen molar-refractivity contribution in [1.29, 1.82) is 0 Å². The Balaban J connectivity index is 5.24. The first-order valence-corrected chi connectivity index (χ1v) is 8.61. The van der Waals surface area contributed by atoms with Crippen molar-refractivity contribution in [2.24, 2.45) is 0 Å². The van der Waals surface area contributed by atoms with Gasteiger partial charge < -0.3 is 34.5 Å². The van der Waals surface area contributed by atoms with Crippen LogP contribution >= 0.6 is 22.8 Å². The zero-order chi connectivity index (χ0) is 13.4. The highest BCUT2D eigenvalue weighted by molar-refractivity contribution is 7.72. The Bertz CT molecular complexity index is 360. The lowest BCUT2D eigenvalue weighted by molar-refractivity contribution is 0.127. The molecule has 13 heteroatoms. The molecule has 0 saturated heterocycles. The van der Waals surface area contributed by atoms with E-state index in [4.69, 9.17) is 29.4 Å². The molecule has 7 N–H and O–H groups in total. The second-order valence-corrected chi connectivity index (χ2v) is 8.79. The van der Waals surface area contributed by atoms with E-state index in [1.54, 1.807) is 0 Å². The first-order valence-electron chi connectivity index (χ1n) is 3.59. The van der Waals surface area contributed by atoms with Gasteiger partial charge in [0.05, 0.1) is 6.16 Å². The largest absolute Gasteiger partial charge is 0.369 e. The normalized spacial score (nSPS) is 15.2. The Morgan fingerprint density at radius 3 is 1.31 bits per heavy atom. The van der Waals surface area contributed by atoms with Crippen LogP contribution in [0.2, 0.25) is 0 Å². The maximum absolute atomic E-state index is 10.7. The third kappa shape index (κ3) is 4.01. The smallest absolute Gasteiger partial charge is 0.368 e. The monoisotopic (exact) mass is 300 g/mol. The maximum Gasteiger partial charge on any atom is 0.369 e. The molecule has 0 amide bonds. The summed E-state index contributed by atoms with van der Waals surface area (Å²) < 4.78 is 31.8. The van der Waals surface area contributed by atoms with Gasteiger partial charge in [0.25, 0.3) is 5.08 Å². The Hall–Kier alpha value is 0.410. The fourth-order valence-corrected chi connectivity index (χ4v) is 3.89. The van der Waals surface area contributed by atoms with E-state index in [-0.39, 0.29) is 0 Å². The van der Waals surface area contributed by atoms with Crippen molar-refractivity contribution >= 4 is 22.8 Å². The van der Waals surface area contributed by atoms with Crippen LogP contribution in [-0.2, 0) is 13.7 Å². The van der Waals surface area contributed by atoms with E-state index in [0.717, 1.165) is 0 Å². The molecule has 98 valence electrons. The number of hydrogen-bond donors (Lipinski definition) is 7. The molecule has 0 fully saturated rings. The summed E-state index contributed by atoms with van der Waals surface area (Å²) >= 11 is 0. The number of aliphatic hydroxyl groups is 1. The molecule has 0 bridgehead atoms. The van der Waals surface area contributed by atoms with Crippen LogP contribution in [0.5, 0.6) is 0 Å². The van der Waals surface area contributed by atoms with Crippen molar-refractivity contribution in [3.05, 3.63) is 0 Å². The molecule has 0 atom stereocenters. The van der Waals surface area contributed by atoms with Crippen LogP contribution in [0, 0.1) is 0 Å². The Kier molecular flexibility index (Phi) is 4.71. The Morgan fingerprint density at radius 1 is 0.812 bits per heavy atom. The second kappa shape index (κ2) is 4.59. The van der Waals surface area contributed by atoms with E-state index in [1.807, 2.05) is 0 Å². The van der Waals surface area contributed by atoms with E-state index in [1.165, 1.54) is 0 Å². The third-order valence-corrected chi connectivity index (χ3v) is 6.35. The molecule has 10 nitrogen and oxygen atoms in total. The summed E-state index contributed by atoms with van der Waals surface area (Å²) in [6.45, 7) is 0. The van der Waals surface area contributed by atoms with Crippen LogP contribution in [0.15, 0.2) is 0 Å². The molecule has 0 radical (unpaired) electrons. The van der Waals surface area contributed by atoms with Gasteiger partial charge in [-0.25, -0.2) is 0 Å². The van der Waals surface area contributed by atoms with E-state index < -0.39 is 40.5 Å². The fraction of sp³-hybridized carbons (Fsp3) is 1.00. The van der Waals surface area contributed by atoms with Crippen molar-refractivity contribution < 1.29 is 48.2 Å². The van der Waals surface area contributed by atoms with E-state index >= 15 is 0 Å². The molecule has 0 aromatic rings. The molecule has 0 saturated carbocycles. The van der Waals surface area contributed by atoms with Gasteiger partial charge in [-0.1, -0.05) is 0 Å². The molecule has 0 aliphatic rings. The topological polar surface area (TPSA) is 193 Å². The maximum atomic E-state index is 10.7. The second-order valence-electron chi connectivity index (χ2n) is 3.00. The summed E-state index contributed by atoms with van der Waals surface area (Å²) in [5.41, 5.74) is 0. The molecule has 0 aliphatic heterocycles. The quantitative estimate of drug-likeness (QED) is 0.295. The van der Waals surface area contributed by atoms with Crippen molar-refractivity contribution in [2.45, 2.75) is 11.5 Å². The SMILES string of the molecule is O=P(O)(O)CCC(O)(P(=O)(O)O)P(=O)(O)O. The minimum absolute atomic E-state index is 1.26. The summed E-state index contributed by atoms with van der Waals surface area (Å²) in [5, 5.41) is 5.40. The van der Waals surface area contributed by atoms with E-state index in [9.17, 15) is 18.8 Å². The third-order valence-electron chi connectivity index (χ3n) is 1.67. The van der Waals surface area contributed by atoms with E-state index in [2.05, 4.69) is 0 Å². The minimum Gasteiger partial charge on any atom is -0.368 e. The van der Waals surface area contributed by atoms with Crippen LogP contribution in [0.4, 0.5) is 0 Å². The fourth-order valence-electron chi connectivity index (χ4n) is 0.757. The van der Waals surface area contributed by atoms with Gasteiger partial charge >= 0.3 is 22.8 Å². The van der Waals surface area contributed by atoms with Crippen molar-refractivity contribution in [3.8, 4) is 0 Å². The predicted octanol–water partition coefficient (Wildman–Crippen LogP) is -1.44. The molecule has 0 aromatic carbocycles. The lowest BCUT2D eigenvalue weighted by Crippen LogP contribution is -2.29. The molecule has 16 heavy (non-hydrogen) atoms. The van der Waals surface area contributed by atoms with Crippen LogP contribution in [0.1, 0.15) is 6.42 Å². The zero-order valence-corrected chi connectivity index (χ0v) is 10.3.